The zero-order valence-electron chi connectivity index (χ0n) is 10.1. The lowest BCUT2D eigenvalue weighted by Gasteiger charge is -2.15. The Morgan fingerprint density at radius 1 is 1.13 bits per heavy atom. The second kappa shape index (κ2) is 5.89. The van der Waals surface area contributed by atoms with Crippen molar-refractivity contribution in [1.82, 2.24) is 5.48 Å². The molecule has 2 nitrogen and oxygen atoms in total. The maximum absolute atomic E-state index is 5.39. The third kappa shape index (κ3) is 4.45. The Morgan fingerprint density at radius 2 is 1.73 bits per heavy atom. The van der Waals surface area contributed by atoms with Crippen LogP contribution in [0, 0.1) is 12.8 Å². The number of hydrogen-bond donors (Lipinski definition) is 1. The van der Waals surface area contributed by atoms with Crippen molar-refractivity contribution >= 4 is 0 Å². The van der Waals surface area contributed by atoms with Gasteiger partial charge in [0.1, 0.15) is 0 Å². The Hall–Kier alpha value is -0.860. The topological polar surface area (TPSA) is 21.3 Å². The summed E-state index contributed by atoms with van der Waals surface area (Å²) in [5.74, 6) is 0.558. The van der Waals surface area contributed by atoms with Crippen LogP contribution in [0.25, 0.3) is 0 Å². The molecule has 0 aliphatic heterocycles. The summed E-state index contributed by atoms with van der Waals surface area (Å²) in [4.78, 5) is 5.39. The van der Waals surface area contributed by atoms with Crippen molar-refractivity contribution < 1.29 is 4.84 Å². The Morgan fingerprint density at radius 3 is 2.27 bits per heavy atom. The van der Waals surface area contributed by atoms with Gasteiger partial charge in [0.25, 0.3) is 0 Å². The first-order chi connectivity index (χ1) is 7.09. The highest BCUT2D eigenvalue weighted by atomic mass is 16.6. The van der Waals surface area contributed by atoms with Crippen molar-refractivity contribution in [1.29, 1.82) is 0 Å². The number of nitrogens with one attached hydrogen (secondary N) is 1. The van der Waals surface area contributed by atoms with Crippen LogP contribution in [-0.2, 0) is 4.84 Å². The molecule has 1 aromatic rings. The van der Waals surface area contributed by atoms with Gasteiger partial charge in [-0.15, -0.1) is 0 Å². The highest BCUT2D eigenvalue weighted by molar-refractivity contribution is 5.23. The van der Waals surface area contributed by atoms with E-state index in [0.717, 1.165) is 6.61 Å². The average Bonchev–Trinajstić information content (AvgIpc) is 2.18. The number of hydroxylamine groups is 1. The molecule has 0 radical (unpaired) electrons. The molecular weight excluding hydrogens is 186 g/mol. The Kier molecular flexibility index (Phi) is 4.79. The largest absolute Gasteiger partial charge is 0.301 e. The number of aryl methyl sites for hydroxylation is 1. The number of hydrogen-bond acceptors (Lipinski definition) is 2. The van der Waals surface area contributed by atoms with Crippen LogP contribution in [0.5, 0.6) is 0 Å². The van der Waals surface area contributed by atoms with Gasteiger partial charge in [-0.1, -0.05) is 43.7 Å². The molecule has 0 aromatic heterocycles. The molecule has 0 saturated heterocycles. The van der Waals surface area contributed by atoms with Crippen molar-refractivity contribution in [3.8, 4) is 0 Å². The van der Waals surface area contributed by atoms with E-state index in [-0.39, 0.29) is 6.04 Å². The molecule has 1 atom stereocenters. The van der Waals surface area contributed by atoms with Crippen molar-refractivity contribution in [2.45, 2.75) is 33.7 Å². The van der Waals surface area contributed by atoms with Crippen LogP contribution in [0.3, 0.4) is 0 Å². The molecule has 15 heavy (non-hydrogen) atoms. The van der Waals surface area contributed by atoms with Gasteiger partial charge in [-0.2, -0.15) is 5.48 Å². The van der Waals surface area contributed by atoms with Crippen LogP contribution in [0.2, 0.25) is 0 Å². The molecule has 0 bridgehead atoms. The van der Waals surface area contributed by atoms with E-state index in [9.17, 15) is 0 Å². The second-order valence-electron chi connectivity index (χ2n) is 4.46. The monoisotopic (exact) mass is 207 g/mol. The standard InChI is InChI=1S/C13H21NO/c1-10(2)9-15-14-12(4)13-7-5-11(3)6-8-13/h5-8,10,12,14H,9H2,1-4H3. The lowest BCUT2D eigenvalue weighted by atomic mass is 10.1. The lowest BCUT2D eigenvalue weighted by Crippen LogP contribution is -2.21. The highest BCUT2D eigenvalue weighted by Crippen LogP contribution is 2.12. The predicted molar refractivity (Wildman–Crippen MR) is 63.5 cm³/mol. The van der Waals surface area contributed by atoms with Crippen LogP contribution >= 0.6 is 0 Å². The van der Waals surface area contributed by atoms with E-state index in [0.29, 0.717) is 5.92 Å². The number of rotatable bonds is 5. The molecule has 0 amide bonds. The van der Waals surface area contributed by atoms with Gasteiger partial charge in [0.2, 0.25) is 0 Å². The van der Waals surface area contributed by atoms with Crippen LogP contribution in [0.1, 0.15) is 37.9 Å². The van der Waals surface area contributed by atoms with E-state index >= 15 is 0 Å². The second-order valence-corrected chi connectivity index (χ2v) is 4.46. The maximum Gasteiger partial charge on any atom is 0.0705 e. The summed E-state index contributed by atoms with van der Waals surface area (Å²) in [5, 5.41) is 0. The molecule has 84 valence electrons. The molecule has 0 spiro atoms. The summed E-state index contributed by atoms with van der Waals surface area (Å²) in [5.41, 5.74) is 5.59. The quantitative estimate of drug-likeness (QED) is 0.748. The first kappa shape index (κ1) is 12.2. The van der Waals surface area contributed by atoms with Gasteiger partial charge in [0.05, 0.1) is 12.6 Å². The minimum absolute atomic E-state index is 0.240. The van der Waals surface area contributed by atoms with Gasteiger partial charge < -0.3 is 4.84 Å². The summed E-state index contributed by atoms with van der Waals surface area (Å²) in [6.45, 7) is 9.22. The fourth-order valence-electron chi connectivity index (χ4n) is 1.26. The molecule has 0 aliphatic carbocycles. The van der Waals surface area contributed by atoms with Crippen LogP contribution in [0.15, 0.2) is 24.3 Å². The van der Waals surface area contributed by atoms with Gasteiger partial charge in [-0.05, 0) is 25.3 Å². The normalized spacial score (nSPS) is 13.1. The maximum atomic E-state index is 5.39. The SMILES string of the molecule is Cc1ccc(C(C)NOCC(C)C)cc1. The third-order valence-corrected chi connectivity index (χ3v) is 2.25. The Balaban J connectivity index is 2.40. The molecule has 1 N–H and O–H groups in total. The zero-order valence-corrected chi connectivity index (χ0v) is 10.1. The van der Waals surface area contributed by atoms with Gasteiger partial charge >= 0.3 is 0 Å². The van der Waals surface area contributed by atoms with E-state index < -0.39 is 0 Å². The molecule has 0 heterocycles. The molecule has 0 aliphatic rings. The van der Waals surface area contributed by atoms with Crippen molar-refractivity contribution in [3.05, 3.63) is 35.4 Å². The fourth-order valence-corrected chi connectivity index (χ4v) is 1.26. The average molecular weight is 207 g/mol. The van der Waals surface area contributed by atoms with Crippen molar-refractivity contribution in [2.75, 3.05) is 6.61 Å². The number of benzene rings is 1. The predicted octanol–water partition coefficient (Wildman–Crippen LogP) is 3.23. The fraction of sp³-hybridized carbons (Fsp3) is 0.538. The van der Waals surface area contributed by atoms with Crippen molar-refractivity contribution in [3.63, 3.8) is 0 Å². The molecule has 1 aromatic carbocycles. The van der Waals surface area contributed by atoms with Crippen LogP contribution < -0.4 is 5.48 Å². The summed E-state index contributed by atoms with van der Waals surface area (Å²) < 4.78 is 0. The Bertz CT molecular complexity index is 279. The van der Waals surface area contributed by atoms with E-state index in [2.05, 4.69) is 57.4 Å². The van der Waals surface area contributed by atoms with Gasteiger partial charge in [-0.3, -0.25) is 0 Å². The van der Waals surface area contributed by atoms with Crippen molar-refractivity contribution in [2.24, 2.45) is 5.92 Å². The molecule has 1 rings (SSSR count). The molecule has 1 unspecified atom stereocenters. The summed E-state index contributed by atoms with van der Waals surface area (Å²) in [6.07, 6.45) is 0. The molecule has 0 saturated carbocycles. The Labute approximate surface area is 92.6 Å². The molecule has 0 fully saturated rings. The van der Waals surface area contributed by atoms with Gasteiger partial charge in [-0.25, -0.2) is 0 Å². The summed E-state index contributed by atoms with van der Waals surface area (Å²) in [7, 11) is 0. The summed E-state index contributed by atoms with van der Waals surface area (Å²) >= 11 is 0. The van der Waals surface area contributed by atoms with Gasteiger partial charge in [0, 0.05) is 0 Å². The molecular formula is C13H21NO. The zero-order chi connectivity index (χ0) is 11.3. The lowest BCUT2D eigenvalue weighted by molar-refractivity contribution is 0.00409. The van der Waals surface area contributed by atoms with E-state index in [1.807, 2.05) is 0 Å². The molecule has 2 heteroatoms. The highest BCUT2D eigenvalue weighted by Gasteiger charge is 2.04. The van der Waals surface area contributed by atoms with E-state index in [1.54, 1.807) is 0 Å². The third-order valence-electron chi connectivity index (χ3n) is 2.25. The summed E-state index contributed by atoms with van der Waals surface area (Å²) in [6, 6.07) is 8.74. The van der Waals surface area contributed by atoms with E-state index in [1.165, 1.54) is 11.1 Å². The smallest absolute Gasteiger partial charge is 0.0705 e. The van der Waals surface area contributed by atoms with Crippen LogP contribution in [0.4, 0.5) is 0 Å². The minimum Gasteiger partial charge on any atom is -0.301 e. The first-order valence-electron chi connectivity index (χ1n) is 5.53. The minimum atomic E-state index is 0.240. The van der Waals surface area contributed by atoms with Crippen LogP contribution in [-0.4, -0.2) is 6.61 Å². The van der Waals surface area contributed by atoms with E-state index in [4.69, 9.17) is 4.84 Å². The first-order valence-corrected chi connectivity index (χ1v) is 5.53. The van der Waals surface area contributed by atoms with Gasteiger partial charge in [0.15, 0.2) is 0 Å².